The quantitative estimate of drug-likeness (QED) is 0.840. The minimum atomic E-state index is -2.94. The normalized spacial score (nSPS) is 13.6. The second-order valence-corrected chi connectivity index (χ2v) is 6.92. The second kappa shape index (κ2) is 6.17. The predicted octanol–water partition coefficient (Wildman–Crippen LogP) is 1.58. The number of rotatable bonds is 6. The van der Waals surface area contributed by atoms with E-state index in [9.17, 15) is 13.5 Å². The Kier molecular flexibility index (Phi) is 5.15. The fourth-order valence-corrected chi connectivity index (χ4v) is 2.57. The Morgan fingerprint density at radius 1 is 1.35 bits per heavy atom. The maximum atomic E-state index is 11.1. The molecule has 4 heteroatoms. The van der Waals surface area contributed by atoms with E-state index in [0.29, 0.717) is 6.42 Å². The first-order valence-corrected chi connectivity index (χ1v) is 7.81. The Morgan fingerprint density at radius 3 is 2.59 bits per heavy atom. The Hall–Kier alpha value is -0.870. The molecule has 1 rings (SSSR count). The molecule has 0 aliphatic rings. The topological polar surface area (TPSA) is 54.4 Å². The van der Waals surface area contributed by atoms with Crippen LogP contribution in [0.3, 0.4) is 0 Å². The van der Waals surface area contributed by atoms with E-state index in [1.54, 1.807) is 0 Å². The number of hydrogen-bond acceptors (Lipinski definition) is 3. The minimum Gasteiger partial charge on any atom is -0.396 e. The van der Waals surface area contributed by atoms with Gasteiger partial charge in [0.2, 0.25) is 0 Å². The van der Waals surface area contributed by atoms with Crippen molar-refractivity contribution in [3.63, 3.8) is 0 Å². The van der Waals surface area contributed by atoms with Crippen molar-refractivity contribution in [3.8, 4) is 0 Å². The summed E-state index contributed by atoms with van der Waals surface area (Å²) in [6.45, 7) is 2.05. The van der Waals surface area contributed by atoms with Crippen molar-refractivity contribution >= 4 is 9.84 Å². The van der Waals surface area contributed by atoms with Crippen LogP contribution < -0.4 is 0 Å². The molecule has 1 atom stereocenters. The zero-order valence-corrected chi connectivity index (χ0v) is 11.2. The van der Waals surface area contributed by atoms with Gasteiger partial charge in [-0.3, -0.25) is 0 Å². The van der Waals surface area contributed by atoms with Crippen LogP contribution >= 0.6 is 0 Å². The molecule has 1 aromatic carbocycles. The van der Waals surface area contributed by atoms with Crippen LogP contribution in [0, 0.1) is 12.8 Å². The largest absolute Gasteiger partial charge is 0.396 e. The third-order valence-electron chi connectivity index (χ3n) is 2.76. The van der Waals surface area contributed by atoms with Crippen molar-refractivity contribution < 1.29 is 13.5 Å². The molecule has 1 unspecified atom stereocenters. The van der Waals surface area contributed by atoms with Crippen molar-refractivity contribution in [2.24, 2.45) is 5.92 Å². The van der Waals surface area contributed by atoms with Crippen molar-refractivity contribution in [1.82, 2.24) is 0 Å². The van der Waals surface area contributed by atoms with Gasteiger partial charge in [-0.2, -0.15) is 0 Å². The molecular weight excluding hydrogens is 236 g/mol. The molecule has 17 heavy (non-hydrogen) atoms. The summed E-state index contributed by atoms with van der Waals surface area (Å²) < 4.78 is 22.2. The minimum absolute atomic E-state index is 0.0199. The van der Waals surface area contributed by atoms with Gasteiger partial charge in [0.15, 0.2) is 0 Å². The number of aliphatic hydroxyl groups excluding tert-OH is 1. The summed E-state index contributed by atoms with van der Waals surface area (Å²) in [5, 5.41) is 9.26. The van der Waals surface area contributed by atoms with Crippen LogP contribution in [-0.2, 0) is 16.3 Å². The molecule has 1 aromatic rings. The van der Waals surface area contributed by atoms with E-state index in [2.05, 4.69) is 6.07 Å². The van der Waals surface area contributed by atoms with Crippen molar-refractivity contribution in [3.05, 3.63) is 35.4 Å². The highest BCUT2D eigenvalue weighted by Crippen LogP contribution is 2.14. The molecule has 0 heterocycles. The van der Waals surface area contributed by atoms with E-state index in [1.807, 2.05) is 25.1 Å². The molecule has 3 nitrogen and oxygen atoms in total. The number of sulfone groups is 1. The zero-order chi connectivity index (χ0) is 12.9. The molecule has 0 fully saturated rings. The highest BCUT2D eigenvalue weighted by Gasteiger charge is 2.12. The third-order valence-corrected chi connectivity index (χ3v) is 3.74. The van der Waals surface area contributed by atoms with Crippen LogP contribution in [-0.4, -0.2) is 32.1 Å². The maximum absolute atomic E-state index is 11.1. The molecule has 1 N–H and O–H groups in total. The lowest BCUT2D eigenvalue weighted by molar-refractivity contribution is 0.222. The van der Waals surface area contributed by atoms with Gasteiger partial charge in [-0.1, -0.05) is 29.8 Å². The first kappa shape index (κ1) is 14.2. The summed E-state index contributed by atoms with van der Waals surface area (Å²) in [5.74, 6) is 0.163. The smallest absolute Gasteiger partial charge is 0.147 e. The Bertz CT molecular complexity index is 451. The Balaban J connectivity index is 2.58. The SMILES string of the molecule is Cc1cccc(CC(CO)CCS(C)(=O)=O)c1. The summed E-state index contributed by atoms with van der Waals surface area (Å²) in [4.78, 5) is 0. The van der Waals surface area contributed by atoms with E-state index in [1.165, 1.54) is 11.8 Å². The van der Waals surface area contributed by atoms with Gasteiger partial charge in [0, 0.05) is 12.9 Å². The maximum Gasteiger partial charge on any atom is 0.147 e. The van der Waals surface area contributed by atoms with Crippen molar-refractivity contribution in [1.29, 1.82) is 0 Å². The molecule has 0 saturated carbocycles. The summed E-state index contributed by atoms with van der Waals surface area (Å²) in [5.41, 5.74) is 2.33. The Labute approximate surface area is 103 Å². The van der Waals surface area contributed by atoms with Crippen LogP contribution in [0.1, 0.15) is 17.5 Å². The number of aliphatic hydroxyl groups is 1. The Morgan fingerprint density at radius 2 is 2.06 bits per heavy atom. The average molecular weight is 256 g/mol. The lowest BCUT2D eigenvalue weighted by Gasteiger charge is -2.13. The molecular formula is C13H20O3S. The van der Waals surface area contributed by atoms with Crippen LogP contribution in [0.4, 0.5) is 0 Å². The highest BCUT2D eigenvalue weighted by atomic mass is 32.2. The summed E-state index contributed by atoms with van der Waals surface area (Å²) in [6, 6.07) is 8.09. The van der Waals surface area contributed by atoms with E-state index in [0.717, 1.165) is 12.0 Å². The molecule has 0 spiro atoms. The predicted molar refractivity (Wildman–Crippen MR) is 69.8 cm³/mol. The molecule has 0 radical (unpaired) electrons. The van der Waals surface area contributed by atoms with Gasteiger partial charge in [0.05, 0.1) is 5.75 Å². The molecule has 0 aliphatic heterocycles. The summed E-state index contributed by atoms with van der Waals surface area (Å²) in [7, 11) is -2.94. The molecule has 0 aromatic heterocycles. The molecule has 0 amide bonds. The van der Waals surface area contributed by atoms with E-state index in [-0.39, 0.29) is 18.3 Å². The number of hydrogen-bond donors (Lipinski definition) is 1. The lowest BCUT2D eigenvalue weighted by atomic mass is 9.97. The van der Waals surface area contributed by atoms with Gasteiger partial charge in [-0.25, -0.2) is 8.42 Å². The van der Waals surface area contributed by atoms with Crippen molar-refractivity contribution in [2.45, 2.75) is 19.8 Å². The van der Waals surface area contributed by atoms with Crippen LogP contribution in [0.25, 0.3) is 0 Å². The average Bonchev–Trinajstić information content (AvgIpc) is 2.23. The molecule has 96 valence electrons. The van der Waals surface area contributed by atoms with E-state index < -0.39 is 9.84 Å². The second-order valence-electron chi connectivity index (χ2n) is 4.66. The fraction of sp³-hybridized carbons (Fsp3) is 0.538. The van der Waals surface area contributed by atoms with Gasteiger partial charge < -0.3 is 5.11 Å². The van der Waals surface area contributed by atoms with Crippen LogP contribution in [0.15, 0.2) is 24.3 Å². The first-order chi connectivity index (χ1) is 7.90. The monoisotopic (exact) mass is 256 g/mol. The summed E-state index contributed by atoms with van der Waals surface area (Å²) >= 11 is 0. The van der Waals surface area contributed by atoms with Gasteiger partial charge in [0.1, 0.15) is 9.84 Å². The number of benzene rings is 1. The van der Waals surface area contributed by atoms with Gasteiger partial charge in [0.25, 0.3) is 0 Å². The highest BCUT2D eigenvalue weighted by molar-refractivity contribution is 7.90. The van der Waals surface area contributed by atoms with Crippen LogP contribution in [0.5, 0.6) is 0 Å². The molecule has 0 aliphatic carbocycles. The standard InChI is InChI=1S/C13H20O3S/c1-11-4-3-5-12(8-11)9-13(10-14)6-7-17(2,15)16/h3-5,8,13-14H,6-7,9-10H2,1-2H3. The molecule has 0 saturated heterocycles. The van der Waals surface area contributed by atoms with Crippen LogP contribution in [0.2, 0.25) is 0 Å². The van der Waals surface area contributed by atoms with Gasteiger partial charge >= 0.3 is 0 Å². The summed E-state index contributed by atoms with van der Waals surface area (Å²) in [6.07, 6.45) is 2.48. The molecule has 0 bridgehead atoms. The number of aryl methyl sites for hydroxylation is 1. The lowest BCUT2D eigenvalue weighted by Crippen LogP contribution is -2.15. The van der Waals surface area contributed by atoms with E-state index >= 15 is 0 Å². The fourth-order valence-electron chi connectivity index (χ4n) is 1.81. The zero-order valence-electron chi connectivity index (χ0n) is 10.4. The van der Waals surface area contributed by atoms with Gasteiger partial charge in [-0.05, 0) is 31.2 Å². The van der Waals surface area contributed by atoms with E-state index in [4.69, 9.17) is 0 Å². The first-order valence-electron chi connectivity index (χ1n) is 5.75. The van der Waals surface area contributed by atoms with Gasteiger partial charge in [-0.15, -0.1) is 0 Å². The third kappa shape index (κ3) is 5.84. The van der Waals surface area contributed by atoms with Crippen molar-refractivity contribution in [2.75, 3.05) is 18.6 Å².